The monoisotopic (exact) mass is 358 g/mol. The van der Waals surface area contributed by atoms with Crippen LogP contribution in [0, 0.1) is 5.92 Å². The highest BCUT2D eigenvalue weighted by molar-refractivity contribution is 7.22. The molecule has 134 valence electrons. The van der Waals surface area contributed by atoms with Crippen molar-refractivity contribution in [3.05, 3.63) is 18.2 Å². The van der Waals surface area contributed by atoms with E-state index in [0.717, 1.165) is 53.6 Å². The Kier molecular flexibility index (Phi) is 5.17. The molecular formula is C19H26N4OS. The number of hydrogen-bond acceptors (Lipinski definition) is 5. The van der Waals surface area contributed by atoms with Gasteiger partial charge in [0.15, 0.2) is 5.13 Å². The second-order valence-corrected chi connectivity index (χ2v) is 8.16. The van der Waals surface area contributed by atoms with Crippen LogP contribution in [0.25, 0.3) is 10.2 Å². The maximum Gasteiger partial charge on any atom is 0.224 e. The number of hydrogen-bond donors (Lipinski definition) is 2. The highest BCUT2D eigenvalue weighted by atomic mass is 32.1. The Bertz CT molecular complexity index is 732. The van der Waals surface area contributed by atoms with Gasteiger partial charge in [0.05, 0.1) is 10.2 Å². The number of thiazole rings is 1. The molecule has 6 heteroatoms. The fourth-order valence-corrected chi connectivity index (χ4v) is 4.82. The number of amides is 1. The molecule has 0 saturated carbocycles. The summed E-state index contributed by atoms with van der Waals surface area (Å²) in [7, 11) is 0. The summed E-state index contributed by atoms with van der Waals surface area (Å²) in [5.74, 6) is 0.821. The Morgan fingerprint density at radius 3 is 2.88 bits per heavy atom. The number of carbonyl (C=O) groups excluding carboxylic acids is 1. The van der Waals surface area contributed by atoms with E-state index in [9.17, 15) is 4.79 Å². The number of piperidine rings is 1. The normalized spacial score (nSPS) is 18.8. The van der Waals surface area contributed by atoms with Crippen molar-refractivity contribution in [1.82, 2.24) is 10.3 Å². The van der Waals surface area contributed by atoms with Crippen LogP contribution in [0.5, 0.6) is 0 Å². The van der Waals surface area contributed by atoms with Gasteiger partial charge in [0.25, 0.3) is 0 Å². The second-order valence-electron chi connectivity index (χ2n) is 7.15. The molecule has 0 spiro atoms. The number of benzene rings is 1. The van der Waals surface area contributed by atoms with Gasteiger partial charge in [0, 0.05) is 25.2 Å². The van der Waals surface area contributed by atoms with E-state index in [4.69, 9.17) is 4.98 Å². The summed E-state index contributed by atoms with van der Waals surface area (Å²) >= 11 is 1.73. The Morgan fingerprint density at radius 2 is 2.08 bits per heavy atom. The molecule has 1 aromatic heterocycles. The van der Waals surface area contributed by atoms with E-state index in [0.29, 0.717) is 12.3 Å². The van der Waals surface area contributed by atoms with Crippen molar-refractivity contribution >= 4 is 38.3 Å². The zero-order valence-electron chi connectivity index (χ0n) is 14.6. The van der Waals surface area contributed by atoms with Gasteiger partial charge in [-0.2, -0.15) is 0 Å². The third kappa shape index (κ3) is 4.12. The lowest BCUT2D eigenvalue weighted by atomic mass is 9.93. The first-order chi connectivity index (χ1) is 12.3. The largest absolute Gasteiger partial charge is 0.348 e. The number of carbonyl (C=O) groups is 1. The van der Waals surface area contributed by atoms with Crippen LogP contribution in [0.2, 0.25) is 0 Å². The molecule has 0 atom stereocenters. The molecule has 2 aliphatic rings. The fraction of sp³-hybridized carbons (Fsp3) is 0.579. The SMILES string of the molecule is O=C(CCC1CCNCC1)Nc1ccc2nc(N3CCCC3)sc2c1. The van der Waals surface area contributed by atoms with Gasteiger partial charge in [-0.15, -0.1) is 0 Å². The summed E-state index contributed by atoms with van der Waals surface area (Å²) in [4.78, 5) is 19.4. The lowest BCUT2D eigenvalue weighted by molar-refractivity contribution is -0.116. The Balaban J connectivity index is 1.36. The third-order valence-electron chi connectivity index (χ3n) is 5.28. The molecule has 0 aliphatic carbocycles. The minimum absolute atomic E-state index is 0.127. The van der Waals surface area contributed by atoms with Crippen molar-refractivity contribution in [1.29, 1.82) is 0 Å². The second kappa shape index (κ2) is 7.70. The van der Waals surface area contributed by atoms with Crippen LogP contribution in [0.3, 0.4) is 0 Å². The summed E-state index contributed by atoms with van der Waals surface area (Å²) in [6.07, 6.45) is 6.52. The van der Waals surface area contributed by atoms with Gasteiger partial charge in [0.2, 0.25) is 5.91 Å². The molecule has 0 bridgehead atoms. The first-order valence-electron chi connectivity index (χ1n) is 9.44. The number of aromatic nitrogens is 1. The van der Waals surface area contributed by atoms with E-state index < -0.39 is 0 Å². The van der Waals surface area contributed by atoms with E-state index in [1.807, 2.05) is 12.1 Å². The van der Waals surface area contributed by atoms with E-state index >= 15 is 0 Å². The lowest BCUT2D eigenvalue weighted by Gasteiger charge is -2.22. The summed E-state index contributed by atoms with van der Waals surface area (Å²) < 4.78 is 1.15. The molecule has 2 aliphatic heterocycles. The average molecular weight is 359 g/mol. The van der Waals surface area contributed by atoms with Gasteiger partial charge in [-0.3, -0.25) is 4.79 Å². The summed E-state index contributed by atoms with van der Waals surface area (Å²) in [5.41, 5.74) is 1.92. The minimum atomic E-state index is 0.127. The minimum Gasteiger partial charge on any atom is -0.348 e. The Morgan fingerprint density at radius 1 is 1.28 bits per heavy atom. The van der Waals surface area contributed by atoms with Crippen LogP contribution in [0.15, 0.2) is 18.2 Å². The quantitative estimate of drug-likeness (QED) is 0.857. The van der Waals surface area contributed by atoms with E-state index in [2.05, 4.69) is 21.6 Å². The smallest absolute Gasteiger partial charge is 0.224 e. The molecule has 2 N–H and O–H groups in total. The van der Waals surface area contributed by atoms with Crippen molar-refractivity contribution < 1.29 is 4.79 Å². The van der Waals surface area contributed by atoms with Crippen molar-refractivity contribution in [3.8, 4) is 0 Å². The number of nitrogens with one attached hydrogen (secondary N) is 2. The zero-order valence-corrected chi connectivity index (χ0v) is 15.4. The summed E-state index contributed by atoms with van der Waals surface area (Å²) in [5, 5.41) is 7.55. The maximum atomic E-state index is 12.3. The van der Waals surface area contributed by atoms with E-state index in [1.54, 1.807) is 11.3 Å². The van der Waals surface area contributed by atoms with Gasteiger partial charge in [-0.1, -0.05) is 11.3 Å². The standard InChI is InChI=1S/C19H26N4OS/c24-18(6-3-14-7-9-20-10-8-14)21-15-4-5-16-17(13-15)25-19(22-16)23-11-1-2-12-23/h4-5,13-14,20H,1-3,6-12H2,(H,21,24). The van der Waals surface area contributed by atoms with Crippen LogP contribution in [-0.2, 0) is 4.79 Å². The molecule has 2 saturated heterocycles. The van der Waals surface area contributed by atoms with Gasteiger partial charge in [-0.25, -0.2) is 4.98 Å². The van der Waals surface area contributed by atoms with Crippen molar-refractivity contribution in [2.45, 2.75) is 38.5 Å². The predicted molar refractivity (Wildman–Crippen MR) is 105 cm³/mol. The Hall–Kier alpha value is -1.66. The first kappa shape index (κ1) is 16.8. The first-order valence-corrected chi connectivity index (χ1v) is 10.3. The lowest BCUT2D eigenvalue weighted by Crippen LogP contribution is -2.28. The van der Waals surface area contributed by atoms with Gasteiger partial charge < -0.3 is 15.5 Å². The predicted octanol–water partition coefficient (Wildman–Crippen LogP) is 3.61. The number of nitrogens with zero attached hydrogens (tertiary/aromatic N) is 2. The summed E-state index contributed by atoms with van der Waals surface area (Å²) in [6, 6.07) is 6.06. The molecule has 2 fully saturated rings. The van der Waals surface area contributed by atoms with E-state index in [-0.39, 0.29) is 5.91 Å². The highest BCUT2D eigenvalue weighted by Gasteiger charge is 2.17. The van der Waals surface area contributed by atoms with Gasteiger partial charge in [0.1, 0.15) is 0 Å². The van der Waals surface area contributed by atoms with Crippen molar-refractivity contribution in [3.63, 3.8) is 0 Å². The molecule has 5 nitrogen and oxygen atoms in total. The molecule has 25 heavy (non-hydrogen) atoms. The topological polar surface area (TPSA) is 57.3 Å². The van der Waals surface area contributed by atoms with Gasteiger partial charge in [-0.05, 0) is 69.3 Å². The fourth-order valence-electron chi connectivity index (χ4n) is 3.76. The van der Waals surface area contributed by atoms with Crippen LogP contribution < -0.4 is 15.5 Å². The summed E-state index contributed by atoms with van der Waals surface area (Å²) in [6.45, 7) is 4.40. The van der Waals surface area contributed by atoms with Crippen LogP contribution in [0.4, 0.5) is 10.8 Å². The van der Waals surface area contributed by atoms with Crippen molar-refractivity contribution in [2.24, 2.45) is 5.92 Å². The molecular weight excluding hydrogens is 332 g/mol. The molecule has 4 rings (SSSR count). The van der Waals surface area contributed by atoms with Gasteiger partial charge >= 0.3 is 0 Å². The number of anilines is 2. The average Bonchev–Trinajstić information content (AvgIpc) is 3.30. The van der Waals surface area contributed by atoms with E-state index in [1.165, 1.54) is 25.7 Å². The zero-order chi connectivity index (χ0) is 17.1. The molecule has 0 unspecified atom stereocenters. The maximum absolute atomic E-state index is 12.3. The number of rotatable bonds is 5. The third-order valence-corrected chi connectivity index (χ3v) is 6.35. The molecule has 3 heterocycles. The molecule has 1 aromatic carbocycles. The molecule has 0 radical (unpaired) electrons. The Labute approximate surface area is 152 Å². The van der Waals surface area contributed by atoms with Crippen molar-refractivity contribution in [2.75, 3.05) is 36.4 Å². The highest BCUT2D eigenvalue weighted by Crippen LogP contribution is 2.32. The number of fused-ring (bicyclic) bond motifs is 1. The molecule has 2 aromatic rings. The molecule has 1 amide bonds. The van der Waals surface area contributed by atoms with Crippen LogP contribution in [0.1, 0.15) is 38.5 Å². The van der Waals surface area contributed by atoms with Crippen LogP contribution >= 0.6 is 11.3 Å². The van der Waals surface area contributed by atoms with Crippen LogP contribution in [-0.4, -0.2) is 37.1 Å².